The average Bonchev–Trinajstić information content (AvgIpc) is 2.79. The fourth-order valence-electron chi connectivity index (χ4n) is 2.76. The summed E-state index contributed by atoms with van der Waals surface area (Å²) in [6.07, 6.45) is -1.02. The van der Waals surface area contributed by atoms with Crippen molar-refractivity contribution >= 4 is 23.5 Å². The quantitative estimate of drug-likeness (QED) is 0.545. The van der Waals surface area contributed by atoms with Crippen molar-refractivity contribution in [2.75, 3.05) is 11.9 Å². The van der Waals surface area contributed by atoms with Crippen LogP contribution in [0.1, 0.15) is 17.3 Å². The summed E-state index contributed by atoms with van der Waals surface area (Å²) in [6.45, 7) is 1.13. The standard InChI is InChI=1S/C24H22N2O5/c1-16(24(29)26-20-11-7-19(8-12-20)23(25)28)31-22(27)15-30-21-13-9-18(10-14-21)17-5-3-2-4-6-17/h2-14,16H,15H2,1H3,(H2,25,28)(H,26,29)/t16-/m0/s1. The van der Waals surface area contributed by atoms with E-state index in [9.17, 15) is 14.4 Å². The molecule has 3 rings (SSSR count). The van der Waals surface area contributed by atoms with Gasteiger partial charge in [0.2, 0.25) is 5.91 Å². The highest BCUT2D eigenvalue weighted by molar-refractivity contribution is 5.96. The summed E-state index contributed by atoms with van der Waals surface area (Å²) in [5.74, 6) is -1.22. The molecule has 0 spiro atoms. The molecule has 2 amide bonds. The molecule has 0 heterocycles. The van der Waals surface area contributed by atoms with Crippen molar-refractivity contribution in [3.05, 3.63) is 84.4 Å². The number of esters is 1. The number of primary amides is 1. The molecule has 0 unspecified atom stereocenters. The summed E-state index contributed by atoms with van der Waals surface area (Å²) in [6, 6.07) is 23.3. The van der Waals surface area contributed by atoms with Crippen LogP contribution in [0.15, 0.2) is 78.9 Å². The summed E-state index contributed by atoms with van der Waals surface area (Å²) >= 11 is 0. The highest BCUT2D eigenvalue weighted by Gasteiger charge is 2.18. The van der Waals surface area contributed by atoms with E-state index in [-0.39, 0.29) is 6.61 Å². The number of nitrogens with one attached hydrogen (secondary N) is 1. The minimum Gasteiger partial charge on any atom is -0.482 e. The maximum atomic E-state index is 12.2. The number of nitrogens with two attached hydrogens (primary N) is 1. The normalized spacial score (nSPS) is 11.3. The van der Waals surface area contributed by atoms with Gasteiger partial charge in [-0.25, -0.2) is 4.79 Å². The van der Waals surface area contributed by atoms with Crippen LogP contribution in [-0.2, 0) is 14.3 Å². The van der Waals surface area contributed by atoms with Crippen LogP contribution in [0.4, 0.5) is 5.69 Å². The number of amides is 2. The molecule has 7 nitrogen and oxygen atoms in total. The number of carbonyl (C=O) groups is 3. The second-order valence-corrected chi connectivity index (χ2v) is 6.74. The van der Waals surface area contributed by atoms with E-state index in [1.807, 2.05) is 42.5 Å². The first-order valence-corrected chi connectivity index (χ1v) is 9.61. The van der Waals surface area contributed by atoms with Crippen molar-refractivity contribution < 1.29 is 23.9 Å². The van der Waals surface area contributed by atoms with Crippen molar-refractivity contribution in [2.45, 2.75) is 13.0 Å². The van der Waals surface area contributed by atoms with E-state index < -0.39 is 23.9 Å². The molecular weight excluding hydrogens is 396 g/mol. The fourth-order valence-corrected chi connectivity index (χ4v) is 2.76. The van der Waals surface area contributed by atoms with Gasteiger partial charge in [0.1, 0.15) is 5.75 Å². The maximum Gasteiger partial charge on any atom is 0.344 e. The first-order valence-electron chi connectivity index (χ1n) is 9.61. The van der Waals surface area contributed by atoms with Gasteiger partial charge in [0.25, 0.3) is 5.91 Å². The number of anilines is 1. The molecule has 0 saturated heterocycles. The van der Waals surface area contributed by atoms with Gasteiger partial charge in [0.05, 0.1) is 0 Å². The molecule has 3 aromatic carbocycles. The molecule has 158 valence electrons. The van der Waals surface area contributed by atoms with Gasteiger partial charge in [-0.05, 0) is 54.4 Å². The van der Waals surface area contributed by atoms with Crippen molar-refractivity contribution in [2.24, 2.45) is 5.73 Å². The Balaban J connectivity index is 1.46. The lowest BCUT2D eigenvalue weighted by atomic mass is 10.1. The zero-order valence-electron chi connectivity index (χ0n) is 16.9. The molecule has 0 bridgehead atoms. The third-order valence-corrected chi connectivity index (χ3v) is 4.43. The van der Waals surface area contributed by atoms with Crippen LogP contribution in [0.2, 0.25) is 0 Å². The van der Waals surface area contributed by atoms with E-state index in [1.54, 1.807) is 12.1 Å². The Hall–Kier alpha value is -4.13. The number of hydrogen-bond donors (Lipinski definition) is 2. The van der Waals surface area contributed by atoms with Gasteiger partial charge >= 0.3 is 5.97 Å². The van der Waals surface area contributed by atoms with Gasteiger partial charge in [-0.1, -0.05) is 42.5 Å². The second-order valence-electron chi connectivity index (χ2n) is 6.74. The highest BCUT2D eigenvalue weighted by Crippen LogP contribution is 2.22. The van der Waals surface area contributed by atoms with Crippen LogP contribution in [0, 0.1) is 0 Å². The number of hydrogen-bond acceptors (Lipinski definition) is 5. The zero-order valence-corrected chi connectivity index (χ0v) is 16.9. The molecule has 7 heteroatoms. The smallest absolute Gasteiger partial charge is 0.344 e. The molecule has 1 atom stereocenters. The SMILES string of the molecule is C[C@H](OC(=O)COc1ccc(-c2ccccc2)cc1)C(=O)Nc1ccc(C(N)=O)cc1. The topological polar surface area (TPSA) is 108 Å². The van der Waals surface area contributed by atoms with E-state index in [2.05, 4.69) is 5.32 Å². The fraction of sp³-hybridized carbons (Fsp3) is 0.125. The molecule has 0 aliphatic carbocycles. The molecule has 0 aliphatic heterocycles. The van der Waals surface area contributed by atoms with E-state index >= 15 is 0 Å². The molecule has 0 fully saturated rings. The predicted molar refractivity (Wildman–Crippen MR) is 117 cm³/mol. The lowest BCUT2D eigenvalue weighted by molar-refractivity contribution is -0.155. The second kappa shape index (κ2) is 10.1. The van der Waals surface area contributed by atoms with Crippen molar-refractivity contribution in [3.63, 3.8) is 0 Å². The lowest BCUT2D eigenvalue weighted by Crippen LogP contribution is -2.31. The Morgan fingerprint density at radius 3 is 2.10 bits per heavy atom. The van der Waals surface area contributed by atoms with Crippen LogP contribution in [0.5, 0.6) is 5.75 Å². The van der Waals surface area contributed by atoms with Gasteiger partial charge in [-0.3, -0.25) is 9.59 Å². The lowest BCUT2D eigenvalue weighted by Gasteiger charge is -2.14. The molecular formula is C24H22N2O5. The Bertz CT molecular complexity index is 1050. The van der Waals surface area contributed by atoms with Crippen molar-refractivity contribution in [3.8, 4) is 16.9 Å². The van der Waals surface area contributed by atoms with Crippen molar-refractivity contribution in [1.29, 1.82) is 0 Å². The third kappa shape index (κ3) is 6.17. The van der Waals surface area contributed by atoms with Gasteiger partial charge in [0, 0.05) is 11.3 Å². The first kappa shape index (κ1) is 21.6. The maximum absolute atomic E-state index is 12.2. The molecule has 0 aromatic heterocycles. The Kier molecular flexibility index (Phi) is 7.01. The molecule has 3 N–H and O–H groups in total. The van der Waals surface area contributed by atoms with Gasteiger partial charge < -0.3 is 20.5 Å². The summed E-state index contributed by atoms with van der Waals surface area (Å²) < 4.78 is 10.6. The minimum atomic E-state index is -1.02. The monoisotopic (exact) mass is 418 g/mol. The summed E-state index contributed by atoms with van der Waals surface area (Å²) in [4.78, 5) is 35.3. The Morgan fingerprint density at radius 2 is 1.48 bits per heavy atom. The average molecular weight is 418 g/mol. The van der Waals surface area contributed by atoms with Crippen LogP contribution >= 0.6 is 0 Å². The zero-order chi connectivity index (χ0) is 22.2. The Labute approximate surface area is 179 Å². The summed E-state index contributed by atoms with van der Waals surface area (Å²) in [5, 5.41) is 2.60. The molecule has 3 aromatic rings. The summed E-state index contributed by atoms with van der Waals surface area (Å²) in [5.41, 5.74) is 8.07. The minimum absolute atomic E-state index is 0.324. The van der Waals surface area contributed by atoms with E-state index in [0.29, 0.717) is 17.0 Å². The number of ether oxygens (including phenoxy) is 2. The number of benzene rings is 3. The first-order chi connectivity index (χ1) is 14.9. The third-order valence-electron chi connectivity index (χ3n) is 4.43. The van der Waals surface area contributed by atoms with Gasteiger partial charge in [-0.15, -0.1) is 0 Å². The van der Waals surface area contributed by atoms with Crippen LogP contribution in [-0.4, -0.2) is 30.5 Å². The van der Waals surface area contributed by atoms with E-state index in [4.69, 9.17) is 15.2 Å². The van der Waals surface area contributed by atoms with Crippen molar-refractivity contribution in [1.82, 2.24) is 0 Å². The number of rotatable bonds is 8. The van der Waals surface area contributed by atoms with Crippen LogP contribution < -0.4 is 15.8 Å². The molecule has 0 saturated carbocycles. The van der Waals surface area contributed by atoms with E-state index in [0.717, 1.165) is 11.1 Å². The molecule has 31 heavy (non-hydrogen) atoms. The molecule has 0 radical (unpaired) electrons. The van der Waals surface area contributed by atoms with Gasteiger partial charge in [0.15, 0.2) is 12.7 Å². The van der Waals surface area contributed by atoms with Gasteiger partial charge in [-0.2, -0.15) is 0 Å². The van der Waals surface area contributed by atoms with Crippen LogP contribution in [0.3, 0.4) is 0 Å². The van der Waals surface area contributed by atoms with E-state index in [1.165, 1.54) is 31.2 Å². The molecule has 0 aliphatic rings. The van der Waals surface area contributed by atoms with Crippen LogP contribution in [0.25, 0.3) is 11.1 Å². The highest BCUT2D eigenvalue weighted by atomic mass is 16.6. The largest absolute Gasteiger partial charge is 0.482 e. The number of carbonyl (C=O) groups excluding carboxylic acids is 3. The summed E-state index contributed by atoms with van der Waals surface area (Å²) in [7, 11) is 0. The predicted octanol–water partition coefficient (Wildman–Crippen LogP) is 3.40. The Morgan fingerprint density at radius 1 is 0.871 bits per heavy atom.